The van der Waals surface area contributed by atoms with Gasteiger partial charge in [-0.3, -0.25) is 18.2 Å². The molecule has 1 unspecified atom stereocenters. The summed E-state index contributed by atoms with van der Waals surface area (Å²) in [5, 5.41) is 0.981. The van der Waals surface area contributed by atoms with Crippen LogP contribution < -0.4 is 0 Å². The third kappa shape index (κ3) is 2.35. The number of hydrogen-bond donors (Lipinski definition) is 0. The van der Waals surface area contributed by atoms with Gasteiger partial charge in [0, 0.05) is 22.6 Å². The minimum absolute atomic E-state index is 0.313. The minimum atomic E-state index is -2.87. The van der Waals surface area contributed by atoms with Gasteiger partial charge in [0.1, 0.15) is 0 Å². The highest BCUT2D eigenvalue weighted by Gasteiger charge is 2.46. The molecule has 1 fully saturated rings. The molecule has 0 saturated carbocycles. The van der Waals surface area contributed by atoms with Crippen LogP contribution >= 0.6 is 0 Å². The van der Waals surface area contributed by atoms with Crippen LogP contribution in [0.25, 0.3) is 17.0 Å². The van der Waals surface area contributed by atoms with E-state index in [2.05, 4.69) is 4.98 Å². The molecule has 1 saturated heterocycles. The van der Waals surface area contributed by atoms with Gasteiger partial charge in [-0.2, -0.15) is 0 Å². The monoisotopic (exact) mass is 322 g/mol. The molecule has 118 valence electrons. The van der Waals surface area contributed by atoms with E-state index in [1.165, 1.54) is 0 Å². The van der Waals surface area contributed by atoms with E-state index >= 15 is 0 Å². The zero-order valence-corrected chi connectivity index (χ0v) is 12.7. The lowest BCUT2D eigenvalue weighted by atomic mass is 9.91. The van der Waals surface area contributed by atoms with E-state index in [0.29, 0.717) is 28.2 Å². The van der Waals surface area contributed by atoms with Gasteiger partial charge < -0.3 is 0 Å². The summed E-state index contributed by atoms with van der Waals surface area (Å²) >= 11 is 0. The molecule has 4 rings (SSSR count). The molecule has 1 aromatic carbocycles. The molecule has 3 nitrogen and oxygen atoms in total. The fourth-order valence-corrected chi connectivity index (χ4v) is 3.24. The number of fused-ring (bicyclic) bond motifs is 2. The number of benzene rings is 1. The Labute approximate surface area is 138 Å². The first-order valence-corrected chi connectivity index (χ1v) is 7.71. The van der Waals surface area contributed by atoms with E-state index in [-0.39, 0.29) is 5.92 Å². The lowest BCUT2D eigenvalue weighted by molar-refractivity contribution is -0.120. The average molecular weight is 322 g/mol. The standard InChI is InChI=1S/C18H13BF2N2O/c20-19(21)23-17(14-6-2-3-7-15(14)18(23)24)11-13-10-9-12-5-1-4-8-16(12)22-13/h1-5,7-11,14H,6H2. The van der Waals surface area contributed by atoms with Crippen molar-refractivity contribution in [3.05, 3.63) is 71.6 Å². The lowest BCUT2D eigenvalue weighted by Crippen LogP contribution is -2.33. The average Bonchev–Trinajstić information content (AvgIpc) is 2.87. The molecule has 2 aliphatic rings. The van der Waals surface area contributed by atoms with E-state index < -0.39 is 13.3 Å². The summed E-state index contributed by atoms with van der Waals surface area (Å²) in [4.78, 5) is 17.4. The van der Waals surface area contributed by atoms with Crippen molar-refractivity contribution in [1.82, 2.24) is 9.79 Å². The summed E-state index contributed by atoms with van der Waals surface area (Å²) < 4.78 is 26.9. The summed E-state index contributed by atoms with van der Waals surface area (Å²) in [6.45, 7) is 0. The van der Waals surface area contributed by atoms with Crippen LogP contribution in [0.5, 0.6) is 0 Å². The Morgan fingerprint density at radius 2 is 2.04 bits per heavy atom. The van der Waals surface area contributed by atoms with Gasteiger partial charge in [0.15, 0.2) is 0 Å². The zero-order valence-electron chi connectivity index (χ0n) is 12.7. The van der Waals surface area contributed by atoms with E-state index in [0.717, 1.165) is 10.9 Å². The number of allylic oxidation sites excluding steroid dienone is 4. The van der Waals surface area contributed by atoms with E-state index in [4.69, 9.17) is 0 Å². The number of aromatic nitrogens is 1. The molecule has 1 aromatic heterocycles. The number of carbonyl (C=O) groups excluding carboxylic acids is 1. The van der Waals surface area contributed by atoms with Crippen LogP contribution in [0, 0.1) is 5.92 Å². The molecule has 2 aromatic rings. The topological polar surface area (TPSA) is 33.2 Å². The molecule has 24 heavy (non-hydrogen) atoms. The number of nitrogens with zero attached hydrogens (tertiary/aromatic N) is 2. The second-order valence-electron chi connectivity index (χ2n) is 5.79. The Kier molecular flexibility index (Phi) is 3.52. The van der Waals surface area contributed by atoms with Crippen molar-refractivity contribution in [1.29, 1.82) is 0 Å². The molecular formula is C18H13BF2N2O. The fraction of sp³-hybridized carbons (Fsp3) is 0.111. The molecule has 0 N–H and O–H groups in total. The fourth-order valence-electron chi connectivity index (χ4n) is 3.24. The summed E-state index contributed by atoms with van der Waals surface area (Å²) in [5.41, 5.74) is 2.09. The number of para-hydroxylation sites is 1. The quantitative estimate of drug-likeness (QED) is 0.787. The number of hydrogen-bond acceptors (Lipinski definition) is 2. The number of carbonyl (C=O) groups is 1. The van der Waals surface area contributed by atoms with Crippen LogP contribution in [-0.2, 0) is 4.79 Å². The van der Waals surface area contributed by atoms with Crippen LogP contribution in [0.3, 0.4) is 0 Å². The smallest absolute Gasteiger partial charge is 0.295 e. The van der Waals surface area contributed by atoms with Crippen LogP contribution in [0.2, 0.25) is 0 Å². The molecule has 2 heterocycles. The van der Waals surface area contributed by atoms with Gasteiger partial charge in [-0.1, -0.05) is 42.5 Å². The molecule has 1 amide bonds. The molecule has 0 spiro atoms. The molecule has 0 radical (unpaired) electrons. The molecule has 6 heteroatoms. The minimum Gasteiger partial charge on any atom is -0.295 e. The van der Waals surface area contributed by atoms with E-state index in [1.807, 2.05) is 36.4 Å². The normalized spacial score (nSPS) is 21.3. The maximum Gasteiger partial charge on any atom is 0.680 e. The largest absolute Gasteiger partial charge is 0.680 e. The summed E-state index contributed by atoms with van der Waals surface area (Å²) in [6.07, 6.45) is 7.39. The predicted molar refractivity (Wildman–Crippen MR) is 89.9 cm³/mol. The van der Waals surface area contributed by atoms with Crippen molar-refractivity contribution in [3.63, 3.8) is 0 Å². The van der Waals surface area contributed by atoms with Crippen molar-refractivity contribution in [2.75, 3.05) is 0 Å². The SMILES string of the molecule is O=C1C2=CC=CCC2C(=Cc2ccc3ccccc3n2)N1B(F)F. The van der Waals surface area contributed by atoms with Crippen molar-refractivity contribution in [3.8, 4) is 0 Å². The first-order valence-electron chi connectivity index (χ1n) is 7.71. The van der Waals surface area contributed by atoms with Crippen molar-refractivity contribution in [2.45, 2.75) is 6.42 Å². The Morgan fingerprint density at radius 1 is 1.21 bits per heavy atom. The Morgan fingerprint density at radius 3 is 2.88 bits per heavy atom. The van der Waals surface area contributed by atoms with Gasteiger partial charge >= 0.3 is 7.40 Å². The number of amides is 1. The highest BCUT2D eigenvalue weighted by atomic mass is 19.2. The van der Waals surface area contributed by atoms with Crippen LogP contribution in [0.15, 0.2) is 65.9 Å². The third-order valence-electron chi connectivity index (χ3n) is 4.37. The first-order chi connectivity index (χ1) is 11.6. The zero-order chi connectivity index (χ0) is 16.7. The maximum absolute atomic E-state index is 13.4. The molecule has 1 aliphatic heterocycles. The molecule has 1 atom stereocenters. The summed E-state index contributed by atoms with van der Waals surface area (Å²) in [7, 11) is -2.87. The highest BCUT2D eigenvalue weighted by Crippen LogP contribution is 2.40. The van der Waals surface area contributed by atoms with Gasteiger partial charge in [0.05, 0.1) is 11.2 Å². The van der Waals surface area contributed by atoms with E-state index in [1.54, 1.807) is 24.3 Å². The first kappa shape index (κ1) is 14.8. The number of rotatable bonds is 2. The lowest BCUT2D eigenvalue weighted by Gasteiger charge is -2.17. The van der Waals surface area contributed by atoms with Crippen molar-refractivity contribution >= 4 is 30.3 Å². The van der Waals surface area contributed by atoms with E-state index in [9.17, 15) is 13.4 Å². The Balaban J connectivity index is 1.81. The predicted octanol–water partition coefficient (Wildman–Crippen LogP) is 3.84. The summed E-state index contributed by atoms with van der Waals surface area (Å²) in [6, 6.07) is 11.3. The Bertz CT molecular complexity index is 920. The number of halogens is 2. The highest BCUT2D eigenvalue weighted by molar-refractivity contribution is 6.46. The van der Waals surface area contributed by atoms with Crippen LogP contribution in [-0.4, -0.2) is 23.1 Å². The van der Waals surface area contributed by atoms with Crippen LogP contribution in [0.4, 0.5) is 8.63 Å². The maximum atomic E-state index is 13.4. The van der Waals surface area contributed by atoms with Gasteiger partial charge in [0.2, 0.25) is 5.91 Å². The van der Waals surface area contributed by atoms with Crippen molar-refractivity contribution in [2.24, 2.45) is 5.92 Å². The second kappa shape index (κ2) is 5.71. The van der Waals surface area contributed by atoms with Gasteiger partial charge in [-0.25, -0.2) is 4.98 Å². The third-order valence-corrected chi connectivity index (χ3v) is 4.37. The van der Waals surface area contributed by atoms with Gasteiger partial charge in [0.25, 0.3) is 0 Å². The van der Waals surface area contributed by atoms with Gasteiger partial charge in [-0.05, 0) is 24.6 Å². The Hall–Kier alpha value is -2.76. The second-order valence-corrected chi connectivity index (χ2v) is 5.79. The van der Waals surface area contributed by atoms with Crippen molar-refractivity contribution < 1.29 is 13.4 Å². The van der Waals surface area contributed by atoms with Gasteiger partial charge in [-0.15, -0.1) is 0 Å². The molecule has 0 bridgehead atoms. The molecule has 1 aliphatic carbocycles. The van der Waals surface area contributed by atoms with Crippen LogP contribution in [0.1, 0.15) is 12.1 Å². The number of pyridine rings is 1. The molecular weight excluding hydrogens is 309 g/mol. The summed E-state index contributed by atoms with van der Waals surface area (Å²) in [5.74, 6) is -0.948.